The van der Waals surface area contributed by atoms with Gasteiger partial charge in [0.15, 0.2) is 0 Å². The van der Waals surface area contributed by atoms with Crippen molar-refractivity contribution in [3.05, 3.63) is 58.1 Å². The molecular weight excluding hydrogens is 265 g/mol. The van der Waals surface area contributed by atoms with Crippen LogP contribution >= 0.6 is 23.2 Å². The van der Waals surface area contributed by atoms with E-state index < -0.39 is 0 Å². The predicted molar refractivity (Wildman–Crippen MR) is 79.3 cm³/mol. The molecule has 0 aliphatic rings. The van der Waals surface area contributed by atoms with Crippen LogP contribution < -0.4 is 0 Å². The molecule has 0 heterocycles. The van der Waals surface area contributed by atoms with Gasteiger partial charge in [-0.25, -0.2) is 0 Å². The maximum atomic E-state index is 6.27. The lowest BCUT2D eigenvalue weighted by atomic mass is 9.99. The van der Waals surface area contributed by atoms with Gasteiger partial charge in [-0.3, -0.25) is 0 Å². The van der Waals surface area contributed by atoms with E-state index in [1.165, 1.54) is 5.56 Å². The van der Waals surface area contributed by atoms with Gasteiger partial charge in [0, 0.05) is 22.2 Å². The van der Waals surface area contributed by atoms with Gasteiger partial charge in [0.25, 0.3) is 0 Å². The molecule has 0 aliphatic heterocycles. The van der Waals surface area contributed by atoms with E-state index in [0.717, 1.165) is 17.7 Å². The Bertz CT molecular complexity index is 550. The van der Waals surface area contributed by atoms with Crippen LogP contribution in [0.5, 0.6) is 0 Å². The van der Waals surface area contributed by atoms with Crippen LogP contribution in [-0.4, -0.2) is 19.0 Å². The molecule has 1 nitrogen and oxygen atoms in total. The summed E-state index contributed by atoms with van der Waals surface area (Å²) in [7, 11) is 4.11. The Morgan fingerprint density at radius 3 is 2.33 bits per heavy atom. The van der Waals surface area contributed by atoms with Crippen LogP contribution in [0.15, 0.2) is 42.5 Å². The maximum absolute atomic E-state index is 6.27. The van der Waals surface area contributed by atoms with Crippen LogP contribution in [0.3, 0.4) is 0 Å². The lowest BCUT2D eigenvalue weighted by molar-refractivity contribution is 0.403. The van der Waals surface area contributed by atoms with Gasteiger partial charge in [0.1, 0.15) is 0 Å². The third-order valence-corrected chi connectivity index (χ3v) is 3.27. The molecule has 0 saturated carbocycles. The van der Waals surface area contributed by atoms with E-state index in [1.54, 1.807) is 6.07 Å². The van der Waals surface area contributed by atoms with Gasteiger partial charge in [0.05, 0.1) is 0 Å². The first-order valence-electron chi connectivity index (χ1n) is 5.76. The lowest BCUT2D eigenvalue weighted by Gasteiger charge is -2.15. The summed E-state index contributed by atoms with van der Waals surface area (Å²) in [4.78, 5) is 2.14. The monoisotopic (exact) mass is 279 g/mol. The largest absolute Gasteiger partial charge is 0.305 e. The Morgan fingerprint density at radius 1 is 0.944 bits per heavy atom. The third kappa shape index (κ3) is 3.05. The van der Waals surface area contributed by atoms with Gasteiger partial charge in [-0.2, -0.15) is 0 Å². The third-order valence-electron chi connectivity index (χ3n) is 2.73. The molecule has 2 aromatic rings. The zero-order chi connectivity index (χ0) is 13.1. The second-order valence-corrected chi connectivity index (χ2v) is 5.36. The highest BCUT2D eigenvalue weighted by molar-refractivity contribution is 6.36. The molecule has 0 N–H and O–H groups in total. The van der Waals surface area contributed by atoms with Gasteiger partial charge >= 0.3 is 0 Å². The smallest absolute Gasteiger partial charge is 0.0499 e. The summed E-state index contributed by atoms with van der Waals surface area (Å²) in [5, 5.41) is 1.35. The summed E-state index contributed by atoms with van der Waals surface area (Å²) < 4.78 is 0. The SMILES string of the molecule is CN(C)Cc1ccccc1-c1ccc(Cl)cc1Cl. The Hall–Kier alpha value is -1.02. The quantitative estimate of drug-likeness (QED) is 0.786. The molecule has 2 aromatic carbocycles. The maximum Gasteiger partial charge on any atom is 0.0499 e. The van der Waals surface area contributed by atoms with E-state index in [0.29, 0.717) is 10.0 Å². The molecule has 0 radical (unpaired) electrons. The summed E-state index contributed by atoms with van der Waals surface area (Å²) >= 11 is 12.2. The molecule has 0 fully saturated rings. The van der Waals surface area contributed by atoms with Gasteiger partial charge in [-0.05, 0) is 37.4 Å². The zero-order valence-corrected chi connectivity index (χ0v) is 12.0. The molecule has 3 heteroatoms. The van der Waals surface area contributed by atoms with E-state index in [4.69, 9.17) is 23.2 Å². The molecule has 0 saturated heterocycles. The minimum atomic E-state index is 0.661. The first-order chi connectivity index (χ1) is 8.58. The lowest BCUT2D eigenvalue weighted by Crippen LogP contribution is -2.11. The number of rotatable bonds is 3. The van der Waals surface area contributed by atoms with E-state index in [-0.39, 0.29) is 0 Å². The number of halogens is 2. The summed E-state index contributed by atoms with van der Waals surface area (Å²) in [6, 6.07) is 13.9. The van der Waals surface area contributed by atoms with Crippen LogP contribution in [-0.2, 0) is 6.54 Å². The van der Waals surface area contributed by atoms with Gasteiger partial charge in [-0.1, -0.05) is 53.5 Å². The zero-order valence-electron chi connectivity index (χ0n) is 10.5. The normalized spacial score (nSPS) is 10.9. The van der Waals surface area contributed by atoms with Crippen LogP contribution in [0, 0.1) is 0 Å². The van der Waals surface area contributed by atoms with Crippen molar-refractivity contribution < 1.29 is 0 Å². The molecule has 94 valence electrons. The van der Waals surface area contributed by atoms with Crippen molar-refractivity contribution in [3.63, 3.8) is 0 Å². The average Bonchev–Trinajstić information content (AvgIpc) is 2.30. The fraction of sp³-hybridized carbons (Fsp3) is 0.200. The minimum Gasteiger partial charge on any atom is -0.305 e. The van der Waals surface area contributed by atoms with Crippen LogP contribution in [0.4, 0.5) is 0 Å². The second kappa shape index (κ2) is 5.75. The van der Waals surface area contributed by atoms with Crippen LogP contribution in [0.1, 0.15) is 5.56 Å². The van der Waals surface area contributed by atoms with Gasteiger partial charge in [-0.15, -0.1) is 0 Å². The van der Waals surface area contributed by atoms with E-state index in [2.05, 4.69) is 31.1 Å². The molecule has 0 bridgehead atoms. The first-order valence-corrected chi connectivity index (χ1v) is 6.51. The molecule has 0 atom stereocenters. The number of hydrogen-bond donors (Lipinski definition) is 0. The summed E-state index contributed by atoms with van der Waals surface area (Å²) in [5.74, 6) is 0. The first kappa shape index (κ1) is 13.4. The molecule has 18 heavy (non-hydrogen) atoms. The van der Waals surface area contributed by atoms with Crippen molar-refractivity contribution in [2.24, 2.45) is 0 Å². The Balaban J connectivity index is 2.49. The molecule has 0 spiro atoms. The highest BCUT2D eigenvalue weighted by Crippen LogP contribution is 2.32. The molecule has 0 aromatic heterocycles. The van der Waals surface area contributed by atoms with Gasteiger partial charge in [0.2, 0.25) is 0 Å². The standard InChI is InChI=1S/C15H15Cl2N/c1-18(2)10-11-5-3-4-6-13(11)14-8-7-12(16)9-15(14)17/h3-9H,10H2,1-2H3. The van der Waals surface area contributed by atoms with Crippen LogP contribution in [0.25, 0.3) is 11.1 Å². The van der Waals surface area contributed by atoms with E-state index >= 15 is 0 Å². The molecule has 0 unspecified atom stereocenters. The molecule has 2 rings (SSSR count). The van der Waals surface area contributed by atoms with Crippen molar-refractivity contribution in [3.8, 4) is 11.1 Å². The van der Waals surface area contributed by atoms with Gasteiger partial charge < -0.3 is 4.90 Å². The van der Waals surface area contributed by atoms with Crippen molar-refractivity contribution in [2.75, 3.05) is 14.1 Å². The van der Waals surface area contributed by atoms with Crippen molar-refractivity contribution in [1.82, 2.24) is 4.90 Å². The summed E-state index contributed by atoms with van der Waals surface area (Å²) in [5.41, 5.74) is 3.44. The highest BCUT2D eigenvalue weighted by Gasteiger charge is 2.09. The molecule has 0 amide bonds. The Morgan fingerprint density at radius 2 is 1.67 bits per heavy atom. The highest BCUT2D eigenvalue weighted by atomic mass is 35.5. The van der Waals surface area contributed by atoms with Crippen molar-refractivity contribution >= 4 is 23.2 Å². The molecule has 0 aliphatic carbocycles. The minimum absolute atomic E-state index is 0.661. The fourth-order valence-corrected chi connectivity index (χ4v) is 2.48. The fourth-order valence-electron chi connectivity index (χ4n) is 1.97. The number of benzene rings is 2. The summed E-state index contributed by atoms with van der Waals surface area (Å²) in [6.45, 7) is 0.884. The molecular formula is C15H15Cl2N. The second-order valence-electron chi connectivity index (χ2n) is 4.52. The average molecular weight is 280 g/mol. The van der Waals surface area contributed by atoms with Crippen LogP contribution in [0.2, 0.25) is 10.0 Å². The number of hydrogen-bond acceptors (Lipinski definition) is 1. The predicted octanol–water partition coefficient (Wildman–Crippen LogP) is 4.72. The Labute approximate surface area is 118 Å². The summed E-state index contributed by atoms with van der Waals surface area (Å²) in [6.07, 6.45) is 0. The van der Waals surface area contributed by atoms with Crippen molar-refractivity contribution in [1.29, 1.82) is 0 Å². The topological polar surface area (TPSA) is 3.24 Å². The number of nitrogens with zero attached hydrogens (tertiary/aromatic N) is 1. The van der Waals surface area contributed by atoms with E-state index in [9.17, 15) is 0 Å². The van der Waals surface area contributed by atoms with E-state index in [1.807, 2.05) is 24.3 Å². The van der Waals surface area contributed by atoms with Crippen molar-refractivity contribution in [2.45, 2.75) is 6.54 Å². The Kier molecular flexibility index (Phi) is 4.28.